The van der Waals surface area contributed by atoms with E-state index in [-0.39, 0.29) is 0 Å². The number of hydrogen-bond acceptors (Lipinski definition) is 3. The van der Waals surface area contributed by atoms with Crippen LogP contribution in [0.25, 0.3) is 0 Å². The van der Waals surface area contributed by atoms with E-state index in [9.17, 15) is 14.0 Å². The average Bonchev–Trinajstić information content (AvgIpc) is 2.31. The van der Waals surface area contributed by atoms with Gasteiger partial charge in [0.1, 0.15) is 0 Å². The van der Waals surface area contributed by atoms with Crippen molar-refractivity contribution < 1.29 is 18.7 Å². The first-order valence-corrected chi connectivity index (χ1v) is 5.00. The quantitative estimate of drug-likeness (QED) is 0.820. The van der Waals surface area contributed by atoms with Gasteiger partial charge in [-0.15, -0.1) is 0 Å². The molecular formula is C10H10ClFN2O3. The Morgan fingerprint density at radius 2 is 1.71 bits per heavy atom. The fraction of sp³-hybridized carbons (Fsp3) is 0.200. The minimum absolute atomic E-state index is 0.369. The third kappa shape index (κ3) is 4.28. The van der Waals surface area contributed by atoms with Crippen LogP contribution in [0.5, 0.6) is 0 Å². The van der Waals surface area contributed by atoms with E-state index in [0.717, 1.165) is 0 Å². The number of benzene rings is 1. The summed E-state index contributed by atoms with van der Waals surface area (Å²) in [5.41, 5.74) is -1.24. The van der Waals surface area contributed by atoms with Gasteiger partial charge in [-0.25, -0.2) is 9.18 Å². The molecule has 2 N–H and O–H groups in total. The van der Waals surface area contributed by atoms with E-state index in [1.54, 1.807) is 0 Å². The van der Waals surface area contributed by atoms with Gasteiger partial charge in [0.25, 0.3) is 11.5 Å². The lowest BCUT2D eigenvalue weighted by Crippen LogP contribution is -2.19. The van der Waals surface area contributed by atoms with Crippen molar-refractivity contribution in [1.29, 1.82) is 0 Å². The highest BCUT2D eigenvalue weighted by Crippen LogP contribution is 2.14. The van der Waals surface area contributed by atoms with Crippen LogP contribution in [0, 0.1) is 0 Å². The Balaban J connectivity index is 2.62. The van der Waals surface area contributed by atoms with Crippen LogP contribution in [0.3, 0.4) is 0 Å². The summed E-state index contributed by atoms with van der Waals surface area (Å²) in [6.45, 7) is 0. The molecule has 0 aliphatic carbocycles. The summed E-state index contributed by atoms with van der Waals surface area (Å²) in [4.78, 5) is 21.8. The summed E-state index contributed by atoms with van der Waals surface area (Å²) in [6, 6.07) is 6.02. The number of amides is 2. The van der Waals surface area contributed by atoms with Crippen molar-refractivity contribution in [3.63, 3.8) is 0 Å². The molecule has 0 saturated carbocycles. The van der Waals surface area contributed by atoms with Crippen molar-refractivity contribution in [2.45, 2.75) is 5.63 Å². The molecule has 0 bridgehead atoms. The number of carbonyl (C=O) groups excluding carboxylic acids is 2. The molecule has 0 aliphatic rings. The first kappa shape index (κ1) is 13.2. The van der Waals surface area contributed by atoms with Crippen LogP contribution in [0.2, 0.25) is 0 Å². The number of methoxy groups -OCH3 is 1. The number of carbonyl (C=O) groups is 2. The maximum absolute atomic E-state index is 12.4. The minimum Gasteiger partial charge on any atom is -0.453 e. The molecule has 0 fully saturated rings. The van der Waals surface area contributed by atoms with Gasteiger partial charge in [0.2, 0.25) is 0 Å². The summed E-state index contributed by atoms with van der Waals surface area (Å²) in [5, 5.41) is 4.67. The lowest BCUT2D eigenvalue weighted by molar-refractivity contribution is -0.118. The van der Waals surface area contributed by atoms with Gasteiger partial charge in [-0.1, -0.05) is 11.6 Å². The van der Waals surface area contributed by atoms with E-state index in [0.29, 0.717) is 11.4 Å². The van der Waals surface area contributed by atoms with Crippen LogP contribution < -0.4 is 10.6 Å². The molecule has 0 radical (unpaired) electrons. The molecule has 1 atom stereocenters. The molecule has 0 saturated heterocycles. The Morgan fingerprint density at radius 3 is 2.12 bits per heavy atom. The maximum atomic E-state index is 12.4. The Labute approximate surface area is 102 Å². The fourth-order valence-corrected chi connectivity index (χ4v) is 1.06. The molecule has 5 nitrogen and oxygen atoms in total. The fourth-order valence-electron chi connectivity index (χ4n) is 1.00. The molecular weight excluding hydrogens is 251 g/mol. The van der Waals surface area contributed by atoms with Gasteiger partial charge in [0.05, 0.1) is 7.11 Å². The molecule has 0 heterocycles. The van der Waals surface area contributed by atoms with Crippen molar-refractivity contribution in [2.75, 3.05) is 17.7 Å². The van der Waals surface area contributed by atoms with Gasteiger partial charge in [-0.05, 0) is 24.3 Å². The van der Waals surface area contributed by atoms with E-state index < -0.39 is 17.6 Å². The number of halogens is 2. The Kier molecular flexibility index (Phi) is 4.71. The highest BCUT2D eigenvalue weighted by atomic mass is 35.5. The molecule has 1 aromatic carbocycles. The summed E-state index contributed by atoms with van der Waals surface area (Å²) in [5.74, 6) is -0.944. The smallest absolute Gasteiger partial charge is 0.411 e. The van der Waals surface area contributed by atoms with Gasteiger partial charge in [-0.3, -0.25) is 10.1 Å². The van der Waals surface area contributed by atoms with Gasteiger partial charge in [0.15, 0.2) is 0 Å². The summed E-state index contributed by atoms with van der Waals surface area (Å²) < 4.78 is 16.8. The van der Waals surface area contributed by atoms with Crippen LogP contribution in [0.15, 0.2) is 24.3 Å². The number of alkyl halides is 2. The molecule has 1 unspecified atom stereocenters. The molecule has 0 aromatic heterocycles. The number of anilines is 2. The maximum Gasteiger partial charge on any atom is 0.411 e. The Morgan fingerprint density at radius 1 is 1.24 bits per heavy atom. The molecule has 0 spiro atoms. The van der Waals surface area contributed by atoms with E-state index in [1.165, 1.54) is 31.4 Å². The zero-order valence-corrected chi connectivity index (χ0v) is 9.62. The molecule has 7 heteroatoms. The van der Waals surface area contributed by atoms with Gasteiger partial charge in [0, 0.05) is 11.4 Å². The lowest BCUT2D eigenvalue weighted by Gasteiger charge is -2.07. The first-order chi connectivity index (χ1) is 8.02. The van der Waals surface area contributed by atoms with E-state index in [4.69, 9.17) is 11.6 Å². The highest BCUT2D eigenvalue weighted by molar-refractivity contribution is 6.31. The third-order valence-electron chi connectivity index (χ3n) is 1.78. The van der Waals surface area contributed by atoms with Crippen LogP contribution >= 0.6 is 11.6 Å². The number of rotatable bonds is 3. The van der Waals surface area contributed by atoms with Crippen molar-refractivity contribution in [2.24, 2.45) is 0 Å². The Hall–Kier alpha value is -1.82. The number of hydrogen-bond donors (Lipinski definition) is 2. The second-order valence-electron chi connectivity index (χ2n) is 2.98. The van der Waals surface area contributed by atoms with Crippen molar-refractivity contribution in [1.82, 2.24) is 0 Å². The predicted molar refractivity (Wildman–Crippen MR) is 61.8 cm³/mol. The van der Waals surface area contributed by atoms with E-state index in [2.05, 4.69) is 15.4 Å². The topological polar surface area (TPSA) is 67.4 Å². The van der Waals surface area contributed by atoms with E-state index >= 15 is 0 Å². The standard InChI is InChI=1S/C10H10ClFN2O3/c1-17-10(16)14-7-4-2-6(3-5-7)13-9(15)8(11)12/h2-5,8H,1H3,(H,13,15)(H,14,16). The van der Waals surface area contributed by atoms with Crippen molar-refractivity contribution in [3.05, 3.63) is 24.3 Å². The van der Waals surface area contributed by atoms with Gasteiger partial charge >= 0.3 is 6.09 Å². The molecule has 17 heavy (non-hydrogen) atoms. The lowest BCUT2D eigenvalue weighted by atomic mass is 10.3. The summed E-state index contributed by atoms with van der Waals surface area (Å²) in [7, 11) is 1.24. The van der Waals surface area contributed by atoms with Crippen LogP contribution in [0.4, 0.5) is 20.6 Å². The van der Waals surface area contributed by atoms with Gasteiger partial charge in [-0.2, -0.15) is 0 Å². The highest BCUT2D eigenvalue weighted by Gasteiger charge is 2.12. The normalized spacial score (nSPS) is 11.5. The SMILES string of the molecule is COC(=O)Nc1ccc(NC(=O)C(F)Cl)cc1. The molecule has 92 valence electrons. The number of ether oxygens (including phenoxy) is 1. The molecule has 2 amide bonds. The summed E-state index contributed by atoms with van der Waals surface area (Å²) in [6.07, 6.45) is -0.605. The second kappa shape index (κ2) is 6.05. The first-order valence-electron chi connectivity index (χ1n) is 4.57. The Bertz CT molecular complexity index is 409. The third-order valence-corrected chi connectivity index (χ3v) is 1.98. The van der Waals surface area contributed by atoms with Crippen LogP contribution in [-0.2, 0) is 9.53 Å². The zero-order valence-electron chi connectivity index (χ0n) is 8.87. The van der Waals surface area contributed by atoms with E-state index in [1.807, 2.05) is 0 Å². The van der Waals surface area contributed by atoms with Crippen LogP contribution in [-0.4, -0.2) is 24.7 Å². The second-order valence-corrected chi connectivity index (χ2v) is 3.37. The largest absolute Gasteiger partial charge is 0.453 e. The zero-order chi connectivity index (χ0) is 12.8. The number of nitrogens with one attached hydrogen (secondary N) is 2. The average molecular weight is 261 g/mol. The predicted octanol–water partition coefficient (Wildman–Crippen LogP) is 2.34. The molecule has 1 aromatic rings. The van der Waals surface area contributed by atoms with Crippen molar-refractivity contribution in [3.8, 4) is 0 Å². The van der Waals surface area contributed by atoms with Crippen molar-refractivity contribution >= 4 is 35.0 Å². The molecule has 0 aliphatic heterocycles. The minimum atomic E-state index is -2.09. The summed E-state index contributed by atoms with van der Waals surface area (Å²) >= 11 is 4.94. The van der Waals surface area contributed by atoms with Crippen LogP contribution in [0.1, 0.15) is 0 Å². The van der Waals surface area contributed by atoms with Gasteiger partial charge < -0.3 is 10.1 Å². The molecule has 1 rings (SSSR count). The monoisotopic (exact) mass is 260 g/mol.